The second kappa shape index (κ2) is 3.84. The molecule has 3 rings (SSSR count). The van der Waals surface area contributed by atoms with E-state index in [-0.39, 0.29) is 11.4 Å². The molecule has 0 saturated carbocycles. The van der Waals surface area contributed by atoms with Crippen molar-refractivity contribution in [2.45, 2.75) is 6.92 Å². The Labute approximate surface area is 103 Å². The Morgan fingerprint density at radius 1 is 1.28 bits per heavy atom. The van der Waals surface area contributed by atoms with Crippen molar-refractivity contribution in [3.63, 3.8) is 0 Å². The lowest BCUT2D eigenvalue weighted by Crippen LogP contribution is -1.91. The Hall–Kier alpha value is -2.36. The first-order chi connectivity index (χ1) is 8.65. The van der Waals surface area contributed by atoms with E-state index in [9.17, 15) is 4.39 Å². The molecular weight excluding hydrogens is 231 g/mol. The molecule has 0 spiro atoms. The van der Waals surface area contributed by atoms with Crippen molar-refractivity contribution in [3.05, 3.63) is 47.9 Å². The smallest absolute Gasteiger partial charge is 0.170 e. The second-order valence-electron chi connectivity index (χ2n) is 4.20. The Kier molecular flexibility index (Phi) is 2.30. The minimum Gasteiger partial charge on any atom is -0.451 e. The number of rotatable bonds is 1. The maximum absolute atomic E-state index is 13.5. The highest BCUT2D eigenvalue weighted by Gasteiger charge is 2.12. The third kappa shape index (κ3) is 1.62. The van der Waals surface area contributed by atoms with Crippen LogP contribution < -0.4 is 5.73 Å². The number of hydrogen-bond acceptors (Lipinski definition) is 3. The van der Waals surface area contributed by atoms with Crippen LogP contribution >= 0.6 is 0 Å². The van der Waals surface area contributed by atoms with Crippen LogP contribution in [0.15, 0.2) is 40.9 Å². The van der Waals surface area contributed by atoms with Crippen LogP contribution in [-0.4, -0.2) is 4.98 Å². The third-order valence-electron chi connectivity index (χ3n) is 2.83. The predicted octanol–water partition coefficient (Wildman–Crippen LogP) is 3.52. The molecule has 3 nitrogen and oxygen atoms in total. The molecular formula is C14H11FN2O. The van der Waals surface area contributed by atoms with Gasteiger partial charge in [0.25, 0.3) is 0 Å². The molecule has 0 bridgehead atoms. The molecule has 90 valence electrons. The van der Waals surface area contributed by atoms with Gasteiger partial charge in [0.15, 0.2) is 17.2 Å². The first kappa shape index (κ1) is 10.8. The number of fused-ring (bicyclic) bond motifs is 1. The van der Waals surface area contributed by atoms with Gasteiger partial charge in [0.2, 0.25) is 0 Å². The summed E-state index contributed by atoms with van der Waals surface area (Å²) in [5.74, 6) is 0.180. The zero-order valence-corrected chi connectivity index (χ0v) is 9.77. The number of nitrogens with zero attached hydrogens (tertiary/aromatic N) is 1. The second-order valence-corrected chi connectivity index (χ2v) is 4.20. The monoisotopic (exact) mass is 242 g/mol. The zero-order valence-electron chi connectivity index (χ0n) is 9.77. The van der Waals surface area contributed by atoms with Gasteiger partial charge >= 0.3 is 0 Å². The van der Waals surface area contributed by atoms with Crippen molar-refractivity contribution in [1.82, 2.24) is 4.98 Å². The van der Waals surface area contributed by atoms with Gasteiger partial charge in [-0.3, -0.25) is 4.98 Å². The molecule has 4 heteroatoms. The number of para-hydroxylation sites is 1. The molecule has 0 fully saturated rings. The number of aryl methyl sites for hydroxylation is 1. The lowest BCUT2D eigenvalue weighted by Gasteiger charge is -2.01. The molecule has 2 N–H and O–H groups in total. The largest absolute Gasteiger partial charge is 0.451 e. The SMILES string of the molecule is Cc1cc(N)cnc1-c1cc2cccc(F)c2o1. The van der Waals surface area contributed by atoms with Crippen LogP contribution in [0.5, 0.6) is 0 Å². The molecule has 0 aliphatic carbocycles. The fourth-order valence-corrected chi connectivity index (χ4v) is 2.00. The van der Waals surface area contributed by atoms with Gasteiger partial charge < -0.3 is 10.2 Å². The van der Waals surface area contributed by atoms with Gasteiger partial charge in [0.05, 0.1) is 11.9 Å². The van der Waals surface area contributed by atoms with Gasteiger partial charge in [-0.25, -0.2) is 4.39 Å². The average Bonchev–Trinajstić information content (AvgIpc) is 2.74. The summed E-state index contributed by atoms with van der Waals surface area (Å²) in [7, 11) is 0. The summed E-state index contributed by atoms with van der Waals surface area (Å²) >= 11 is 0. The molecule has 0 atom stereocenters. The topological polar surface area (TPSA) is 52.0 Å². The van der Waals surface area contributed by atoms with Crippen LogP contribution in [0.25, 0.3) is 22.4 Å². The number of pyridine rings is 1. The molecule has 0 aliphatic heterocycles. The number of nitrogen functional groups attached to an aromatic ring is 1. The van der Waals surface area contributed by atoms with E-state index >= 15 is 0 Å². The molecule has 0 saturated heterocycles. The van der Waals surface area contributed by atoms with Crippen molar-refractivity contribution in [2.75, 3.05) is 5.73 Å². The van der Waals surface area contributed by atoms with Crippen LogP contribution in [0.2, 0.25) is 0 Å². The highest BCUT2D eigenvalue weighted by molar-refractivity contribution is 5.83. The molecule has 18 heavy (non-hydrogen) atoms. The minimum atomic E-state index is -0.369. The standard InChI is InChI=1S/C14H11FN2O/c1-8-5-10(16)7-17-13(8)12-6-9-3-2-4-11(15)14(9)18-12/h2-7H,16H2,1H3. The molecule has 2 heterocycles. The minimum absolute atomic E-state index is 0.255. The number of halogens is 1. The van der Waals surface area contributed by atoms with E-state index in [0.717, 1.165) is 10.9 Å². The molecule has 0 radical (unpaired) electrons. The van der Waals surface area contributed by atoms with Gasteiger partial charge in [-0.2, -0.15) is 0 Å². The maximum atomic E-state index is 13.5. The summed E-state index contributed by atoms with van der Waals surface area (Å²) < 4.78 is 19.1. The molecule has 2 aromatic heterocycles. The Bertz CT molecular complexity index is 734. The molecule has 1 aromatic carbocycles. The van der Waals surface area contributed by atoms with E-state index in [1.54, 1.807) is 24.4 Å². The maximum Gasteiger partial charge on any atom is 0.170 e. The lowest BCUT2D eigenvalue weighted by molar-refractivity contribution is 0.567. The van der Waals surface area contributed by atoms with Crippen molar-refractivity contribution in [1.29, 1.82) is 0 Å². The number of anilines is 1. The molecule has 0 unspecified atom stereocenters. The van der Waals surface area contributed by atoms with Crippen molar-refractivity contribution in [3.8, 4) is 11.5 Å². The van der Waals surface area contributed by atoms with Crippen LogP contribution in [0.1, 0.15) is 5.56 Å². The number of hydrogen-bond donors (Lipinski definition) is 1. The molecule has 3 aromatic rings. The Morgan fingerprint density at radius 2 is 2.11 bits per heavy atom. The summed E-state index contributed by atoms with van der Waals surface area (Å²) in [5, 5.41) is 0.725. The fourth-order valence-electron chi connectivity index (χ4n) is 2.00. The van der Waals surface area contributed by atoms with Crippen LogP contribution in [0, 0.1) is 12.7 Å². The summed E-state index contributed by atoms with van der Waals surface area (Å²) in [6, 6.07) is 8.42. The summed E-state index contributed by atoms with van der Waals surface area (Å²) in [6.07, 6.45) is 1.56. The first-order valence-corrected chi connectivity index (χ1v) is 5.56. The average molecular weight is 242 g/mol. The van der Waals surface area contributed by atoms with E-state index in [4.69, 9.17) is 10.2 Å². The molecule has 0 amide bonds. The lowest BCUT2D eigenvalue weighted by atomic mass is 10.1. The normalized spacial score (nSPS) is 11.0. The van der Waals surface area contributed by atoms with E-state index < -0.39 is 0 Å². The van der Waals surface area contributed by atoms with Crippen LogP contribution in [0.3, 0.4) is 0 Å². The number of benzene rings is 1. The molecule has 0 aliphatic rings. The fraction of sp³-hybridized carbons (Fsp3) is 0.0714. The van der Waals surface area contributed by atoms with Gasteiger partial charge in [-0.05, 0) is 30.7 Å². The van der Waals surface area contributed by atoms with E-state index in [2.05, 4.69) is 4.98 Å². The predicted molar refractivity (Wildman–Crippen MR) is 68.6 cm³/mol. The number of nitrogens with two attached hydrogens (primary N) is 1. The summed E-state index contributed by atoms with van der Waals surface area (Å²) in [5.41, 5.74) is 8.08. The number of aromatic nitrogens is 1. The first-order valence-electron chi connectivity index (χ1n) is 5.56. The number of furan rings is 1. The van der Waals surface area contributed by atoms with Gasteiger partial charge in [-0.15, -0.1) is 0 Å². The van der Waals surface area contributed by atoms with Gasteiger partial charge in [-0.1, -0.05) is 12.1 Å². The zero-order chi connectivity index (χ0) is 12.7. The van der Waals surface area contributed by atoms with Gasteiger partial charge in [0.1, 0.15) is 5.69 Å². The van der Waals surface area contributed by atoms with E-state index in [1.807, 2.05) is 13.0 Å². The van der Waals surface area contributed by atoms with Gasteiger partial charge in [0, 0.05) is 5.39 Å². The van der Waals surface area contributed by atoms with Crippen LogP contribution in [-0.2, 0) is 0 Å². The third-order valence-corrected chi connectivity index (χ3v) is 2.83. The summed E-state index contributed by atoms with van der Waals surface area (Å²) in [6.45, 7) is 1.89. The quantitative estimate of drug-likeness (QED) is 0.710. The van der Waals surface area contributed by atoms with Crippen molar-refractivity contribution in [2.24, 2.45) is 0 Å². The highest BCUT2D eigenvalue weighted by atomic mass is 19.1. The highest BCUT2D eigenvalue weighted by Crippen LogP contribution is 2.30. The Balaban J connectivity index is 2.23. The van der Waals surface area contributed by atoms with Crippen LogP contribution in [0.4, 0.5) is 10.1 Å². The van der Waals surface area contributed by atoms with E-state index in [1.165, 1.54) is 6.07 Å². The Morgan fingerprint density at radius 3 is 2.83 bits per heavy atom. The van der Waals surface area contributed by atoms with E-state index in [0.29, 0.717) is 17.1 Å². The van der Waals surface area contributed by atoms with Crippen molar-refractivity contribution < 1.29 is 8.81 Å². The summed E-state index contributed by atoms with van der Waals surface area (Å²) in [4.78, 5) is 4.23. The van der Waals surface area contributed by atoms with Crippen molar-refractivity contribution >= 4 is 16.7 Å².